The zero-order chi connectivity index (χ0) is 30.1. The van der Waals surface area contributed by atoms with Crippen molar-refractivity contribution in [2.75, 3.05) is 37.6 Å². The highest BCUT2D eigenvalue weighted by Crippen LogP contribution is 2.43. The maximum Gasteiger partial charge on any atom is 0.266 e. The van der Waals surface area contributed by atoms with Gasteiger partial charge < -0.3 is 16.4 Å². The first-order valence-corrected chi connectivity index (χ1v) is 15.3. The SMILES string of the molecule is CC(C)c1ccc(-c2c(C#N)c(N)nc3sc(C(=O)N4CCN(C(c5ccccc5)c5ccccc5)CC4)c(N)c23)cc1. The lowest BCUT2D eigenvalue weighted by Gasteiger charge is -2.39. The van der Waals surface area contributed by atoms with Crippen LogP contribution in [0.5, 0.6) is 0 Å². The fourth-order valence-corrected chi connectivity index (χ4v) is 7.06. The van der Waals surface area contributed by atoms with Crippen LogP contribution in [-0.4, -0.2) is 46.9 Å². The van der Waals surface area contributed by atoms with Gasteiger partial charge in [0, 0.05) is 37.1 Å². The Kier molecular flexibility index (Phi) is 7.85. The van der Waals surface area contributed by atoms with Gasteiger partial charge in [-0.25, -0.2) is 4.98 Å². The number of nitrogens with two attached hydrogens (primary N) is 2. The van der Waals surface area contributed by atoms with Crippen LogP contribution in [0.2, 0.25) is 0 Å². The zero-order valence-corrected chi connectivity index (χ0v) is 25.1. The number of anilines is 2. The molecule has 43 heavy (non-hydrogen) atoms. The van der Waals surface area contributed by atoms with E-state index in [1.807, 2.05) is 29.2 Å². The minimum absolute atomic E-state index is 0.107. The van der Waals surface area contributed by atoms with E-state index in [2.05, 4.69) is 90.5 Å². The van der Waals surface area contributed by atoms with Crippen LogP contribution in [0, 0.1) is 11.3 Å². The molecule has 8 heteroatoms. The van der Waals surface area contributed by atoms with Gasteiger partial charge in [-0.05, 0) is 28.2 Å². The maximum atomic E-state index is 13.9. The molecule has 0 aliphatic carbocycles. The van der Waals surface area contributed by atoms with E-state index in [9.17, 15) is 10.1 Å². The summed E-state index contributed by atoms with van der Waals surface area (Å²) in [7, 11) is 0. The summed E-state index contributed by atoms with van der Waals surface area (Å²) < 4.78 is 0. The molecule has 3 heterocycles. The quantitative estimate of drug-likeness (QED) is 0.230. The molecule has 2 aromatic heterocycles. The summed E-state index contributed by atoms with van der Waals surface area (Å²) >= 11 is 1.25. The third-order valence-electron chi connectivity index (χ3n) is 8.27. The minimum atomic E-state index is -0.116. The Labute approximate surface area is 256 Å². The molecule has 0 radical (unpaired) electrons. The van der Waals surface area contributed by atoms with Crippen LogP contribution in [0.15, 0.2) is 84.9 Å². The lowest BCUT2D eigenvalue weighted by molar-refractivity contribution is 0.0603. The predicted octanol–water partition coefficient (Wildman–Crippen LogP) is 6.67. The van der Waals surface area contributed by atoms with Gasteiger partial charge in [0.1, 0.15) is 27.2 Å². The Morgan fingerprint density at radius 2 is 1.44 bits per heavy atom. The number of fused-ring (bicyclic) bond motifs is 1. The van der Waals surface area contributed by atoms with Crippen LogP contribution in [0.3, 0.4) is 0 Å². The number of carbonyl (C=O) groups excluding carboxylic acids is 1. The van der Waals surface area contributed by atoms with Crippen molar-refractivity contribution in [3.05, 3.63) is 112 Å². The number of hydrogen-bond donors (Lipinski definition) is 2. The predicted molar refractivity (Wildman–Crippen MR) is 175 cm³/mol. The molecule has 7 nitrogen and oxygen atoms in total. The first-order chi connectivity index (χ1) is 20.9. The highest BCUT2D eigenvalue weighted by Gasteiger charge is 2.31. The molecule has 1 aliphatic heterocycles. The average Bonchev–Trinajstić information content (AvgIpc) is 3.36. The molecule has 6 rings (SSSR count). The van der Waals surface area contributed by atoms with Crippen molar-refractivity contribution in [1.82, 2.24) is 14.8 Å². The summed E-state index contributed by atoms with van der Waals surface area (Å²) in [4.78, 5) is 23.7. The molecule has 216 valence electrons. The normalized spacial score (nSPS) is 14.0. The minimum Gasteiger partial charge on any atom is -0.397 e. The molecule has 3 aromatic carbocycles. The number of aromatic nitrogens is 1. The van der Waals surface area contributed by atoms with Gasteiger partial charge in [0.2, 0.25) is 0 Å². The van der Waals surface area contributed by atoms with Crippen LogP contribution in [0.1, 0.15) is 57.7 Å². The summed E-state index contributed by atoms with van der Waals surface area (Å²) in [5, 5.41) is 10.6. The topological polar surface area (TPSA) is 112 Å². The third-order valence-corrected chi connectivity index (χ3v) is 9.36. The lowest BCUT2D eigenvalue weighted by atomic mass is 9.94. The van der Waals surface area contributed by atoms with Crippen molar-refractivity contribution in [3.8, 4) is 17.2 Å². The van der Waals surface area contributed by atoms with Gasteiger partial charge in [-0.2, -0.15) is 5.26 Å². The molecule has 4 N–H and O–H groups in total. The van der Waals surface area contributed by atoms with Crippen LogP contribution in [0.4, 0.5) is 11.5 Å². The van der Waals surface area contributed by atoms with Gasteiger partial charge in [-0.1, -0.05) is 98.8 Å². The van der Waals surface area contributed by atoms with E-state index < -0.39 is 0 Å². The summed E-state index contributed by atoms with van der Waals surface area (Å²) in [6.45, 7) is 6.87. The molecule has 1 aliphatic rings. The highest BCUT2D eigenvalue weighted by molar-refractivity contribution is 7.21. The van der Waals surface area contributed by atoms with Gasteiger partial charge in [0.15, 0.2) is 0 Å². The number of carbonyl (C=O) groups is 1. The van der Waals surface area contributed by atoms with Crippen molar-refractivity contribution in [2.24, 2.45) is 0 Å². The molecule has 0 bridgehead atoms. The van der Waals surface area contributed by atoms with Crippen LogP contribution >= 0.6 is 11.3 Å². The Morgan fingerprint density at radius 1 is 0.860 bits per heavy atom. The number of rotatable bonds is 6. The fourth-order valence-electron chi connectivity index (χ4n) is 5.98. The Morgan fingerprint density at radius 3 is 1.98 bits per heavy atom. The van der Waals surface area contributed by atoms with Crippen molar-refractivity contribution in [3.63, 3.8) is 0 Å². The summed E-state index contributed by atoms with van der Waals surface area (Å²) in [6.07, 6.45) is 0. The molecule has 5 aromatic rings. The molecule has 0 unspecified atom stereocenters. The number of nitrogen functional groups attached to an aromatic ring is 2. The van der Waals surface area contributed by atoms with E-state index in [-0.39, 0.29) is 23.3 Å². The van der Waals surface area contributed by atoms with E-state index >= 15 is 0 Å². The van der Waals surface area contributed by atoms with Crippen LogP contribution in [0.25, 0.3) is 21.3 Å². The number of thiophene rings is 1. The monoisotopic (exact) mass is 586 g/mol. The molecule has 1 fully saturated rings. The van der Waals surface area contributed by atoms with Crippen molar-refractivity contribution < 1.29 is 4.79 Å². The summed E-state index contributed by atoms with van der Waals surface area (Å²) in [5.74, 6) is 0.396. The van der Waals surface area contributed by atoms with Crippen LogP contribution in [-0.2, 0) is 0 Å². The number of nitriles is 1. The molecule has 0 atom stereocenters. The molecule has 1 amide bonds. The van der Waals surface area contributed by atoms with Crippen LogP contribution < -0.4 is 11.5 Å². The first kappa shape index (κ1) is 28.4. The van der Waals surface area contributed by atoms with Gasteiger partial charge in [-0.15, -0.1) is 11.3 Å². The molecule has 0 spiro atoms. The number of benzene rings is 3. The second-order valence-corrected chi connectivity index (χ2v) is 12.2. The zero-order valence-electron chi connectivity index (χ0n) is 24.3. The first-order valence-electron chi connectivity index (χ1n) is 14.5. The van der Waals surface area contributed by atoms with E-state index in [1.54, 1.807) is 0 Å². The van der Waals surface area contributed by atoms with Crippen molar-refractivity contribution >= 4 is 39.0 Å². The Bertz CT molecular complexity index is 1760. The van der Waals surface area contributed by atoms with Crippen molar-refractivity contribution in [2.45, 2.75) is 25.8 Å². The Hall–Kier alpha value is -4.71. The number of piperazine rings is 1. The second-order valence-electron chi connectivity index (χ2n) is 11.2. The summed E-state index contributed by atoms with van der Waals surface area (Å²) in [5.41, 5.74) is 18.7. The summed E-state index contributed by atoms with van der Waals surface area (Å²) in [6, 6.07) is 31.4. The van der Waals surface area contributed by atoms with Gasteiger partial charge in [-0.3, -0.25) is 9.69 Å². The van der Waals surface area contributed by atoms with Gasteiger partial charge >= 0.3 is 0 Å². The lowest BCUT2D eigenvalue weighted by Crippen LogP contribution is -2.49. The van der Waals surface area contributed by atoms with Gasteiger partial charge in [0.25, 0.3) is 5.91 Å². The van der Waals surface area contributed by atoms with E-state index in [0.717, 1.165) is 18.7 Å². The van der Waals surface area contributed by atoms with Gasteiger partial charge in [0.05, 0.1) is 11.7 Å². The standard InChI is InChI=1S/C35H34N6OS/c1-22(2)23-13-15-24(16-14-23)28-27(21-36)33(38)39-34-29(28)30(37)32(43-34)35(42)41-19-17-40(18-20-41)31(25-9-5-3-6-10-25)26-11-7-4-8-12-26/h3-16,22,31H,17-20,37H2,1-2H3,(H2,38,39). The molecule has 1 saturated heterocycles. The molecule has 0 saturated carbocycles. The highest BCUT2D eigenvalue weighted by atomic mass is 32.1. The number of amides is 1. The van der Waals surface area contributed by atoms with E-state index in [0.29, 0.717) is 45.4 Å². The third kappa shape index (κ3) is 5.34. The number of pyridine rings is 1. The second kappa shape index (κ2) is 11.9. The Balaban J connectivity index is 1.30. The van der Waals surface area contributed by atoms with E-state index in [4.69, 9.17) is 11.5 Å². The molecular weight excluding hydrogens is 552 g/mol. The van der Waals surface area contributed by atoms with E-state index in [1.165, 1.54) is 28.0 Å². The number of hydrogen-bond acceptors (Lipinski definition) is 7. The maximum absolute atomic E-state index is 13.9. The fraction of sp³-hybridized carbons (Fsp3) is 0.229. The average molecular weight is 587 g/mol. The molecular formula is C35H34N6OS. The smallest absolute Gasteiger partial charge is 0.266 e. The number of nitrogens with zero attached hydrogens (tertiary/aromatic N) is 4. The largest absolute Gasteiger partial charge is 0.397 e. The van der Waals surface area contributed by atoms with Crippen molar-refractivity contribution in [1.29, 1.82) is 5.26 Å².